The Balaban J connectivity index is 1.57. The standard InChI is InChI=1S/C18H18BrClN6O/c19-14-3-1-2-4-16(14)26-18(22-23-24-26)12-21-15-11-13(20)5-6-17(15)25-7-9-27-10-8-25/h1-6,11,21H,7-10,12H2. The molecule has 0 amide bonds. The van der Waals surface area contributed by atoms with E-state index in [-0.39, 0.29) is 0 Å². The molecule has 2 aromatic carbocycles. The molecule has 0 saturated carbocycles. The molecule has 0 radical (unpaired) electrons. The van der Waals surface area contributed by atoms with Gasteiger partial charge in [0.25, 0.3) is 0 Å². The molecule has 2 heterocycles. The molecule has 3 aromatic rings. The SMILES string of the molecule is Clc1ccc(N2CCOCC2)c(NCc2nnnn2-c2ccccc2Br)c1. The molecular formula is C18H18BrClN6O. The van der Waals surface area contributed by atoms with Crippen LogP contribution in [0.5, 0.6) is 0 Å². The number of morpholine rings is 1. The van der Waals surface area contributed by atoms with Crippen molar-refractivity contribution in [3.05, 3.63) is 57.8 Å². The second-order valence-corrected chi connectivity index (χ2v) is 7.36. The van der Waals surface area contributed by atoms with Crippen molar-refractivity contribution in [1.82, 2.24) is 20.2 Å². The highest BCUT2D eigenvalue weighted by molar-refractivity contribution is 9.10. The van der Waals surface area contributed by atoms with E-state index in [1.165, 1.54) is 0 Å². The highest BCUT2D eigenvalue weighted by atomic mass is 79.9. The van der Waals surface area contributed by atoms with E-state index in [0.29, 0.717) is 17.4 Å². The first kappa shape index (κ1) is 18.2. The van der Waals surface area contributed by atoms with Gasteiger partial charge in [-0.1, -0.05) is 23.7 Å². The summed E-state index contributed by atoms with van der Waals surface area (Å²) in [5.41, 5.74) is 2.94. The lowest BCUT2D eigenvalue weighted by molar-refractivity contribution is 0.123. The van der Waals surface area contributed by atoms with Gasteiger partial charge in [-0.2, -0.15) is 4.68 Å². The second kappa shape index (κ2) is 8.24. The van der Waals surface area contributed by atoms with Crippen LogP contribution in [0.25, 0.3) is 5.69 Å². The van der Waals surface area contributed by atoms with Gasteiger partial charge in [0.15, 0.2) is 5.82 Å². The third-order valence-electron chi connectivity index (χ3n) is 4.36. The summed E-state index contributed by atoms with van der Waals surface area (Å²) < 4.78 is 8.10. The van der Waals surface area contributed by atoms with Gasteiger partial charge in [0, 0.05) is 22.6 Å². The average molecular weight is 450 g/mol. The second-order valence-electron chi connectivity index (χ2n) is 6.07. The maximum Gasteiger partial charge on any atom is 0.175 e. The highest BCUT2D eigenvalue weighted by Crippen LogP contribution is 2.30. The summed E-state index contributed by atoms with van der Waals surface area (Å²) in [4.78, 5) is 2.29. The van der Waals surface area contributed by atoms with Crippen LogP contribution >= 0.6 is 27.5 Å². The highest BCUT2D eigenvalue weighted by Gasteiger charge is 2.16. The van der Waals surface area contributed by atoms with E-state index in [1.54, 1.807) is 4.68 Å². The lowest BCUT2D eigenvalue weighted by atomic mass is 10.2. The number of hydrogen-bond acceptors (Lipinski definition) is 6. The molecule has 0 bridgehead atoms. The van der Waals surface area contributed by atoms with Crippen LogP contribution in [0.2, 0.25) is 5.02 Å². The molecular weight excluding hydrogens is 432 g/mol. The van der Waals surface area contributed by atoms with Crippen LogP contribution in [0, 0.1) is 0 Å². The number of aromatic nitrogens is 4. The Morgan fingerprint density at radius 1 is 1.11 bits per heavy atom. The van der Waals surface area contributed by atoms with Crippen molar-refractivity contribution < 1.29 is 4.74 Å². The summed E-state index contributed by atoms with van der Waals surface area (Å²) in [6.07, 6.45) is 0. The fourth-order valence-corrected chi connectivity index (χ4v) is 3.66. The van der Waals surface area contributed by atoms with Gasteiger partial charge in [-0.25, -0.2) is 0 Å². The molecule has 0 spiro atoms. The Labute approximate surface area is 170 Å². The van der Waals surface area contributed by atoms with Gasteiger partial charge in [-0.15, -0.1) is 5.10 Å². The van der Waals surface area contributed by atoms with Crippen molar-refractivity contribution in [2.24, 2.45) is 0 Å². The predicted octanol–water partition coefficient (Wildman–Crippen LogP) is 3.53. The first-order valence-electron chi connectivity index (χ1n) is 8.60. The van der Waals surface area contributed by atoms with Gasteiger partial charge >= 0.3 is 0 Å². The van der Waals surface area contributed by atoms with Crippen LogP contribution in [0.4, 0.5) is 11.4 Å². The van der Waals surface area contributed by atoms with Crippen LogP contribution in [0.1, 0.15) is 5.82 Å². The molecule has 1 N–H and O–H groups in total. The minimum absolute atomic E-state index is 0.464. The van der Waals surface area contributed by atoms with Crippen LogP contribution in [0.3, 0.4) is 0 Å². The van der Waals surface area contributed by atoms with Crippen molar-refractivity contribution in [3.63, 3.8) is 0 Å². The van der Waals surface area contributed by atoms with Gasteiger partial charge in [0.05, 0.1) is 36.8 Å². The van der Waals surface area contributed by atoms with E-state index in [2.05, 4.69) is 41.7 Å². The fraction of sp³-hybridized carbons (Fsp3) is 0.278. The lowest BCUT2D eigenvalue weighted by Crippen LogP contribution is -2.36. The first-order chi connectivity index (χ1) is 13.2. The lowest BCUT2D eigenvalue weighted by Gasteiger charge is -2.30. The number of nitrogens with zero attached hydrogens (tertiary/aromatic N) is 5. The quantitative estimate of drug-likeness (QED) is 0.643. The summed E-state index contributed by atoms with van der Waals surface area (Å²) in [5.74, 6) is 0.704. The molecule has 27 heavy (non-hydrogen) atoms. The summed E-state index contributed by atoms with van der Waals surface area (Å²) in [5, 5.41) is 16.2. The Morgan fingerprint density at radius 2 is 1.93 bits per heavy atom. The molecule has 9 heteroatoms. The summed E-state index contributed by atoms with van der Waals surface area (Å²) >= 11 is 9.78. The number of rotatable bonds is 5. The number of tetrazole rings is 1. The molecule has 140 valence electrons. The van der Waals surface area contributed by atoms with E-state index >= 15 is 0 Å². The van der Waals surface area contributed by atoms with Gasteiger partial charge in [-0.3, -0.25) is 0 Å². The van der Waals surface area contributed by atoms with Gasteiger partial charge in [0.2, 0.25) is 0 Å². The Kier molecular flexibility index (Phi) is 5.56. The molecule has 7 nitrogen and oxygen atoms in total. The molecule has 1 aliphatic heterocycles. The van der Waals surface area contributed by atoms with Crippen molar-refractivity contribution >= 4 is 38.9 Å². The first-order valence-corrected chi connectivity index (χ1v) is 9.78. The van der Waals surface area contributed by atoms with Gasteiger partial charge < -0.3 is 15.0 Å². The monoisotopic (exact) mass is 448 g/mol. The van der Waals surface area contributed by atoms with Crippen LogP contribution in [0.15, 0.2) is 46.9 Å². The molecule has 1 saturated heterocycles. The third kappa shape index (κ3) is 4.07. The number of halogens is 2. The molecule has 4 rings (SSSR count). The molecule has 1 aliphatic rings. The van der Waals surface area contributed by atoms with Gasteiger partial charge in [-0.05, 0) is 56.7 Å². The Hall–Kier alpha value is -2.16. The van der Waals surface area contributed by atoms with E-state index < -0.39 is 0 Å². The van der Waals surface area contributed by atoms with E-state index in [4.69, 9.17) is 16.3 Å². The molecule has 0 aliphatic carbocycles. The third-order valence-corrected chi connectivity index (χ3v) is 5.27. The predicted molar refractivity (Wildman–Crippen MR) is 109 cm³/mol. The molecule has 0 unspecified atom stereocenters. The molecule has 1 aromatic heterocycles. The van der Waals surface area contributed by atoms with E-state index in [1.807, 2.05) is 42.5 Å². The number of para-hydroxylation sites is 1. The summed E-state index contributed by atoms with van der Waals surface area (Å²) in [6, 6.07) is 13.7. The van der Waals surface area contributed by atoms with Crippen molar-refractivity contribution in [2.45, 2.75) is 6.54 Å². The minimum Gasteiger partial charge on any atom is -0.378 e. The number of benzene rings is 2. The number of nitrogens with one attached hydrogen (secondary N) is 1. The zero-order chi connectivity index (χ0) is 18.6. The Morgan fingerprint density at radius 3 is 2.74 bits per heavy atom. The Bertz CT molecular complexity index is 928. The van der Waals surface area contributed by atoms with Crippen molar-refractivity contribution in [1.29, 1.82) is 0 Å². The number of ether oxygens (including phenoxy) is 1. The topological polar surface area (TPSA) is 68.1 Å². The van der Waals surface area contributed by atoms with E-state index in [0.717, 1.165) is 47.8 Å². The minimum atomic E-state index is 0.464. The largest absolute Gasteiger partial charge is 0.378 e. The van der Waals surface area contributed by atoms with Crippen LogP contribution < -0.4 is 10.2 Å². The maximum atomic E-state index is 6.23. The van der Waals surface area contributed by atoms with Crippen LogP contribution in [-0.2, 0) is 11.3 Å². The number of hydrogen-bond donors (Lipinski definition) is 1. The zero-order valence-corrected chi connectivity index (χ0v) is 16.8. The summed E-state index contributed by atoms with van der Waals surface area (Å²) in [6.45, 7) is 3.62. The molecule has 1 fully saturated rings. The van der Waals surface area contributed by atoms with Crippen LogP contribution in [-0.4, -0.2) is 46.5 Å². The normalized spacial score (nSPS) is 14.4. The number of anilines is 2. The van der Waals surface area contributed by atoms with Crippen molar-refractivity contribution in [2.75, 3.05) is 36.5 Å². The van der Waals surface area contributed by atoms with E-state index in [9.17, 15) is 0 Å². The maximum absolute atomic E-state index is 6.23. The summed E-state index contributed by atoms with van der Waals surface area (Å²) in [7, 11) is 0. The smallest absolute Gasteiger partial charge is 0.175 e. The average Bonchev–Trinajstić information content (AvgIpc) is 3.16. The van der Waals surface area contributed by atoms with Crippen molar-refractivity contribution in [3.8, 4) is 5.69 Å². The molecule has 0 atom stereocenters. The fourth-order valence-electron chi connectivity index (χ4n) is 3.03. The van der Waals surface area contributed by atoms with Gasteiger partial charge in [0.1, 0.15) is 0 Å². The zero-order valence-electron chi connectivity index (χ0n) is 14.5.